The summed E-state index contributed by atoms with van der Waals surface area (Å²) in [5.41, 5.74) is 8.89. The van der Waals surface area contributed by atoms with Crippen LogP contribution in [0.2, 0.25) is 0 Å². The van der Waals surface area contributed by atoms with Crippen LogP contribution in [0.15, 0.2) is 43.2 Å². The highest BCUT2D eigenvalue weighted by Gasteiger charge is 2.30. The molecule has 2 aliphatic heterocycles. The zero-order valence-corrected chi connectivity index (χ0v) is 18.4. The quantitative estimate of drug-likeness (QED) is 0.470. The lowest BCUT2D eigenvalue weighted by molar-refractivity contribution is -0.129. The second-order valence-corrected chi connectivity index (χ2v) is 8.51. The van der Waals surface area contributed by atoms with Crippen molar-refractivity contribution in [3.05, 3.63) is 43.2 Å². The molecule has 1 amide bonds. The van der Waals surface area contributed by atoms with Crippen molar-refractivity contribution in [1.29, 1.82) is 0 Å². The molecule has 2 saturated heterocycles. The van der Waals surface area contributed by atoms with Gasteiger partial charge >= 0.3 is 0 Å². The Bertz CT molecular complexity index is 1170. The first-order valence-electron chi connectivity index (χ1n) is 11.2. The highest BCUT2D eigenvalue weighted by Crippen LogP contribution is 2.28. The monoisotopic (exact) mass is 448 g/mol. The van der Waals surface area contributed by atoms with Crippen molar-refractivity contribution in [3.8, 4) is 0 Å². The first-order valence-corrected chi connectivity index (χ1v) is 11.2. The van der Waals surface area contributed by atoms with Crippen LogP contribution in [-0.2, 0) is 16.1 Å². The number of nitrogen functional groups attached to an aromatic ring is 1. The van der Waals surface area contributed by atoms with E-state index in [1.807, 2.05) is 35.2 Å². The number of anilines is 4. The summed E-state index contributed by atoms with van der Waals surface area (Å²) in [6.45, 7) is 7.03. The van der Waals surface area contributed by atoms with Crippen LogP contribution in [0.3, 0.4) is 0 Å². The molecule has 0 aliphatic carbocycles. The molecule has 0 spiro atoms. The first kappa shape index (κ1) is 21.2. The zero-order chi connectivity index (χ0) is 22.8. The number of carbonyl (C=O) groups is 1. The van der Waals surface area contributed by atoms with Gasteiger partial charge in [0.15, 0.2) is 5.82 Å². The fourth-order valence-corrected chi connectivity index (χ4v) is 4.29. The van der Waals surface area contributed by atoms with Crippen LogP contribution in [-0.4, -0.2) is 58.0 Å². The molecular weight excluding hydrogens is 420 g/mol. The molecule has 0 unspecified atom stereocenters. The molecule has 1 atom stereocenters. The van der Waals surface area contributed by atoms with Gasteiger partial charge in [0.1, 0.15) is 0 Å². The van der Waals surface area contributed by atoms with E-state index in [1.165, 1.54) is 0 Å². The molecule has 5 rings (SSSR count). The average Bonchev–Trinajstić information content (AvgIpc) is 3.19. The summed E-state index contributed by atoms with van der Waals surface area (Å²) in [7, 11) is 0. The number of nitrogens with zero attached hydrogens (tertiary/aromatic N) is 5. The fourth-order valence-electron chi connectivity index (χ4n) is 4.29. The number of nitrogens with two attached hydrogens (primary N) is 1. The van der Waals surface area contributed by atoms with Crippen LogP contribution in [0.5, 0.6) is 0 Å². The molecule has 33 heavy (non-hydrogen) atoms. The largest absolute Gasteiger partial charge is 0.382 e. The van der Waals surface area contributed by atoms with Crippen LogP contribution >= 0.6 is 0 Å². The Kier molecular flexibility index (Phi) is 5.82. The van der Waals surface area contributed by atoms with Crippen LogP contribution < -0.4 is 21.3 Å². The minimum Gasteiger partial charge on any atom is -0.382 e. The van der Waals surface area contributed by atoms with Crippen LogP contribution in [0.1, 0.15) is 12.8 Å². The van der Waals surface area contributed by atoms with Crippen LogP contribution in [0.25, 0.3) is 10.9 Å². The molecule has 4 heterocycles. The summed E-state index contributed by atoms with van der Waals surface area (Å²) in [5.74, 6) is 0.806. The third-order valence-corrected chi connectivity index (χ3v) is 6.12. The third-order valence-electron chi connectivity index (χ3n) is 6.12. The Morgan fingerprint density at radius 1 is 1.33 bits per heavy atom. The van der Waals surface area contributed by atoms with Gasteiger partial charge in [0.2, 0.25) is 11.9 Å². The predicted molar refractivity (Wildman–Crippen MR) is 127 cm³/mol. The number of carbonyl (C=O) groups excluding carboxylic acids is 1. The number of aromatic nitrogens is 4. The van der Waals surface area contributed by atoms with E-state index in [-0.39, 0.29) is 17.9 Å². The number of allylic oxidation sites excluding steroid dienone is 1. The molecule has 3 aromatic rings. The minimum absolute atomic E-state index is 0.0799. The number of benzene rings is 1. The lowest BCUT2D eigenvalue weighted by atomic mass is 9.96. The Morgan fingerprint density at radius 2 is 2.21 bits per heavy atom. The van der Waals surface area contributed by atoms with E-state index in [2.05, 4.69) is 37.2 Å². The second kappa shape index (κ2) is 9.07. The SMILES string of the molecule is C=CCn1ncc2ccc(Nc3ncc(N4CCC[C@H](C(=O)NC5COC5)C4)c(N)n3)cc21. The van der Waals surface area contributed by atoms with Gasteiger partial charge in [-0.3, -0.25) is 9.48 Å². The van der Waals surface area contributed by atoms with Crippen molar-refractivity contribution in [1.82, 2.24) is 25.1 Å². The van der Waals surface area contributed by atoms with Gasteiger partial charge in [-0.2, -0.15) is 10.1 Å². The molecule has 2 fully saturated rings. The van der Waals surface area contributed by atoms with E-state index in [0.29, 0.717) is 38.1 Å². The van der Waals surface area contributed by atoms with E-state index < -0.39 is 0 Å². The Labute approximate surface area is 191 Å². The number of nitrogens with one attached hydrogen (secondary N) is 2. The van der Waals surface area contributed by atoms with Crippen molar-refractivity contribution < 1.29 is 9.53 Å². The number of hydrogen-bond acceptors (Lipinski definition) is 8. The Balaban J connectivity index is 1.28. The highest BCUT2D eigenvalue weighted by atomic mass is 16.5. The molecule has 2 aliphatic rings. The number of amides is 1. The highest BCUT2D eigenvalue weighted by molar-refractivity contribution is 5.83. The van der Waals surface area contributed by atoms with Gasteiger partial charge in [-0.15, -0.1) is 6.58 Å². The number of ether oxygens (including phenoxy) is 1. The molecule has 10 nitrogen and oxygen atoms in total. The maximum absolute atomic E-state index is 12.6. The maximum Gasteiger partial charge on any atom is 0.229 e. The number of piperidine rings is 1. The number of fused-ring (bicyclic) bond motifs is 1. The molecular formula is C23H28N8O2. The van der Waals surface area contributed by atoms with E-state index in [1.54, 1.807) is 6.20 Å². The Hall–Kier alpha value is -3.66. The first-order chi connectivity index (χ1) is 16.1. The lowest BCUT2D eigenvalue weighted by Gasteiger charge is -2.35. The smallest absolute Gasteiger partial charge is 0.229 e. The molecule has 172 valence electrons. The van der Waals surface area contributed by atoms with Gasteiger partial charge in [0, 0.05) is 24.2 Å². The lowest BCUT2D eigenvalue weighted by Crippen LogP contribution is -2.52. The van der Waals surface area contributed by atoms with Gasteiger partial charge in [-0.05, 0) is 31.0 Å². The molecule has 4 N–H and O–H groups in total. The van der Waals surface area contributed by atoms with Gasteiger partial charge in [0.25, 0.3) is 0 Å². The van der Waals surface area contributed by atoms with Crippen LogP contribution in [0, 0.1) is 5.92 Å². The molecule has 0 saturated carbocycles. The molecule has 2 aromatic heterocycles. The topological polar surface area (TPSA) is 123 Å². The van der Waals surface area contributed by atoms with Crippen molar-refractivity contribution >= 4 is 40.0 Å². The standard InChI is InChI=1S/C23H28N8O2/c1-2-7-31-19-9-17(6-5-15(19)10-26-31)28-23-25-11-20(21(24)29-23)30-8-3-4-16(12-30)22(32)27-18-13-33-14-18/h2,5-6,9-11,16,18H,1,3-4,7-8,12-14H2,(H,27,32)(H3,24,25,28,29)/t16-/m0/s1. The van der Waals surface area contributed by atoms with Crippen molar-refractivity contribution in [2.45, 2.75) is 25.4 Å². The predicted octanol–water partition coefficient (Wildman–Crippen LogP) is 2.07. The summed E-state index contributed by atoms with van der Waals surface area (Å²) in [6.07, 6.45) is 7.15. The van der Waals surface area contributed by atoms with E-state index in [4.69, 9.17) is 10.5 Å². The molecule has 0 radical (unpaired) electrons. The van der Waals surface area contributed by atoms with Crippen molar-refractivity contribution in [2.75, 3.05) is 42.3 Å². The number of hydrogen-bond donors (Lipinski definition) is 3. The summed E-state index contributed by atoms with van der Waals surface area (Å²) >= 11 is 0. The molecule has 10 heteroatoms. The fraction of sp³-hybridized carbons (Fsp3) is 0.391. The average molecular weight is 449 g/mol. The number of rotatable bonds is 7. The summed E-state index contributed by atoms with van der Waals surface area (Å²) in [5, 5.41) is 11.7. The van der Waals surface area contributed by atoms with E-state index in [9.17, 15) is 4.79 Å². The van der Waals surface area contributed by atoms with Crippen molar-refractivity contribution in [2.24, 2.45) is 5.92 Å². The van der Waals surface area contributed by atoms with Gasteiger partial charge < -0.3 is 26.0 Å². The minimum atomic E-state index is -0.0799. The zero-order valence-electron chi connectivity index (χ0n) is 18.4. The summed E-state index contributed by atoms with van der Waals surface area (Å²) in [4.78, 5) is 23.6. The van der Waals surface area contributed by atoms with E-state index in [0.717, 1.165) is 41.7 Å². The molecule has 0 bridgehead atoms. The van der Waals surface area contributed by atoms with Gasteiger partial charge in [0.05, 0.1) is 55.3 Å². The van der Waals surface area contributed by atoms with Crippen LogP contribution in [0.4, 0.5) is 23.1 Å². The third kappa shape index (κ3) is 4.47. The summed E-state index contributed by atoms with van der Waals surface area (Å²) < 4.78 is 7.03. The van der Waals surface area contributed by atoms with Gasteiger partial charge in [-0.25, -0.2) is 4.98 Å². The summed E-state index contributed by atoms with van der Waals surface area (Å²) in [6, 6.07) is 6.09. The van der Waals surface area contributed by atoms with E-state index >= 15 is 0 Å². The second-order valence-electron chi connectivity index (χ2n) is 8.51. The maximum atomic E-state index is 12.6. The normalized spacial score (nSPS) is 18.7. The van der Waals surface area contributed by atoms with Crippen molar-refractivity contribution in [3.63, 3.8) is 0 Å². The molecule has 1 aromatic carbocycles. The van der Waals surface area contributed by atoms with Gasteiger partial charge in [-0.1, -0.05) is 6.08 Å². The Morgan fingerprint density at radius 3 is 2.97 bits per heavy atom.